The molecule has 0 aromatic heterocycles. The lowest BCUT2D eigenvalue weighted by Crippen LogP contribution is -2.57. The van der Waals surface area contributed by atoms with Gasteiger partial charge in [-0.25, -0.2) is 4.79 Å². The van der Waals surface area contributed by atoms with Gasteiger partial charge in [0, 0.05) is 6.42 Å². The molecule has 0 aliphatic carbocycles. The Morgan fingerprint density at radius 1 is 0.892 bits per heavy atom. The first-order valence-electron chi connectivity index (χ1n) is 12.7. The Morgan fingerprint density at radius 3 is 2.05 bits per heavy atom. The fourth-order valence-electron chi connectivity index (χ4n) is 3.71. The number of rotatable bonds is 18. The largest absolute Gasteiger partial charge is 0.480 e. The highest BCUT2D eigenvalue weighted by Crippen LogP contribution is 2.10. The zero-order valence-corrected chi connectivity index (χ0v) is 22.9. The van der Waals surface area contributed by atoms with E-state index >= 15 is 0 Å². The van der Waals surface area contributed by atoms with Gasteiger partial charge in [-0.3, -0.25) is 14.4 Å². The van der Waals surface area contributed by atoms with Crippen molar-refractivity contribution in [3.8, 4) is 0 Å². The number of benzene rings is 1. The molecule has 3 amide bonds. The number of nitrogens with one attached hydrogen (secondary N) is 3. The molecule has 0 saturated heterocycles. The van der Waals surface area contributed by atoms with Crippen molar-refractivity contribution in [2.24, 2.45) is 17.4 Å². The molecule has 208 valence electrons. The Balaban J connectivity index is 3.09. The summed E-state index contributed by atoms with van der Waals surface area (Å²) < 4.78 is 0. The standard InChI is InChI=1S/C26H43N5O5S/c1-17(2)15-22(26(35)36)31-25(34)21(16-18-9-5-4-6-10-18)30-24(33)20(11-7-8-13-27)29-23(32)19(28)12-14-37-3/h4-6,9-10,17,19-22H,7-8,11-16,27-28H2,1-3H3,(H,29,32)(H,30,33)(H,31,34)(H,35,36). The average Bonchev–Trinajstić information content (AvgIpc) is 2.85. The van der Waals surface area contributed by atoms with Gasteiger partial charge in [0.25, 0.3) is 0 Å². The zero-order valence-electron chi connectivity index (χ0n) is 22.1. The van der Waals surface area contributed by atoms with E-state index in [9.17, 15) is 24.3 Å². The minimum absolute atomic E-state index is 0.0426. The summed E-state index contributed by atoms with van der Waals surface area (Å²) >= 11 is 1.57. The molecule has 11 heteroatoms. The van der Waals surface area contributed by atoms with Gasteiger partial charge in [0.05, 0.1) is 6.04 Å². The van der Waals surface area contributed by atoms with Crippen LogP contribution in [-0.4, -0.2) is 71.5 Å². The van der Waals surface area contributed by atoms with Crippen LogP contribution in [0.3, 0.4) is 0 Å². The van der Waals surface area contributed by atoms with Gasteiger partial charge in [0.2, 0.25) is 17.7 Å². The topological polar surface area (TPSA) is 177 Å². The van der Waals surface area contributed by atoms with E-state index in [1.807, 2.05) is 50.4 Å². The van der Waals surface area contributed by atoms with E-state index in [4.69, 9.17) is 11.5 Å². The van der Waals surface area contributed by atoms with E-state index in [-0.39, 0.29) is 18.8 Å². The molecule has 0 fully saturated rings. The predicted octanol–water partition coefficient (Wildman–Crippen LogP) is 1.02. The summed E-state index contributed by atoms with van der Waals surface area (Å²) in [7, 11) is 0. The summed E-state index contributed by atoms with van der Waals surface area (Å²) in [6.07, 6.45) is 4.38. The number of carbonyl (C=O) groups excluding carboxylic acids is 3. The van der Waals surface area contributed by atoms with E-state index in [0.29, 0.717) is 38.0 Å². The van der Waals surface area contributed by atoms with Crippen molar-refractivity contribution >= 4 is 35.5 Å². The molecule has 0 radical (unpaired) electrons. The van der Waals surface area contributed by atoms with Crippen molar-refractivity contribution < 1.29 is 24.3 Å². The molecule has 37 heavy (non-hydrogen) atoms. The second kappa shape index (κ2) is 17.8. The third-order valence-corrected chi connectivity index (χ3v) is 6.43. The number of hydrogen-bond donors (Lipinski definition) is 6. The maximum absolute atomic E-state index is 13.3. The van der Waals surface area contributed by atoms with Gasteiger partial charge in [0.1, 0.15) is 18.1 Å². The van der Waals surface area contributed by atoms with Crippen molar-refractivity contribution in [2.45, 2.75) is 76.5 Å². The first kappa shape index (κ1) is 32.4. The monoisotopic (exact) mass is 537 g/mol. The average molecular weight is 538 g/mol. The van der Waals surface area contributed by atoms with E-state index in [1.165, 1.54) is 0 Å². The number of nitrogens with two attached hydrogens (primary N) is 2. The molecule has 8 N–H and O–H groups in total. The summed E-state index contributed by atoms with van der Waals surface area (Å²) in [5.74, 6) is -1.96. The minimum atomic E-state index is -1.14. The summed E-state index contributed by atoms with van der Waals surface area (Å²) in [5.41, 5.74) is 12.4. The highest BCUT2D eigenvalue weighted by atomic mass is 32.2. The second-order valence-electron chi connectivity index (χ2n) is 9.51. The van der Waals surface area contributed by atoms with Crippen LogP contribution in [0.15, 0.2) is 30.3 Å². The SMILES string of the molecule is CSCCC(N)C(=O)NC(CCCCN)C(=O)NC(Cc1ccccc1)C(=O)NC(CC(C)C)C(=O)O. The number of carboxylic acid groups (broad SMARTS) is 1. The van der Waals surface area contributed by atoms with E-state index in [2.05, 4.69) is 16.0 Å². The van der Waals surface area contributed by atoms with E-state index < -0.39 is 47.9 Å². The van der Waals surface area contributed by atoms with Gasteiger partial charge in [-0.15, -0.1) is 0 Å². The van der Waals surface area contributed by atoms with Gasteiger partial charge < -0.3 is 32.5 Å². The number of hydrogen-bond acceptors (Lipinski definition) is 7. The number of carbonyl (C=O) groups is 4. The van der Waals surface area contributed by atoms with Crippen molar-refractivity contribution in [2.75, 3.05) is 18.6 Å². The predicted molar refractivity (Wildman–Crippen MR) is 147 cm³/mol. The number of amides is 3. The molecule has 0 bridgehead atoms. The fourth-order valence-corrected chi connectivity index (χ4v) is 4.20. The van der Waals surface area contributed by atoms with Crippen molar-refractivity contribution in [1.82, 2.24) is 16.0 Å². The fraction of sp³-hybridized carbons (Fsp3) is 0.615. The van der Waals surface area contributed by atoms with Crippen LogP contribution in [0.5, 0.6) is 0 Å². The minimum Gasteiger partial charge on any atom is -0.480 e. The maximum Gasteiger partial charge on any atom is 0.326 e. The Bertz CT molecular complexity index is 855. The van der Waals surface area contributed by atoms with Gasteiger partial charge in [-0.2, -0.15) is 11.8 Å². The third-order valence-electron chi connectivity index (χ3n) is 5.79. The highest BCUT2D eigenvalue weighted by molar-refractivity contribution is 7.98. The van der Waals surface area contributed by atoms with Crippen LogP contribution in [0.1, 0.15) is 51.5 Å². The van der Waals surface area contributed by atoms with Crippen LogP contribution in [0, 0.1) is 5.92 Å². The Morgan fingerprint density at radius 2 is 1.49 bits per heavy atom. The first-order chi connectivity index (χ1) is 17.6. The highest BCUT2D eigenvalue weighted by Gasteiger charge is 2.30. The number of unbranched alkanes of at least 4 members (excludes halogenated alkanes) is 1. The molecule has 0 saturated carbocycles. The van der Waals surface area contributed by atoms with Crippen LogP contribution in [-0.2, 0) is 25.6 Å². The molecule has 1 rings (SSSR count). The second-order valence-corrected chi connectivity index (χ2v) is 10.5. The summed E-state index contributed by atoms with van der Waals surface area (Å²) in [6.45, 7) is 4.18. The molecule has 0 spiro atoms. The van der Waals surface area contributed by atoms with Crippen LogP contribution in [0.4, 0.5) is 0 Å². The zero-order chi connectivity index (χ0) is 27.8. The Hall–Kier alpha value is -2.63. The van der Waals surface area contributed by atoms with Crippen molar-refractivity contribution in [3.05, 3.63) is 35.9 Å². The molecule has 0 aliphatic heterocycles. The van der Waals surface area contributed by atoms with Crippen LogP contribution >= 0.6 is 11.8 Å². The normalized spacial score (nSPS) is 14.3. The molecular formula is C26H43N5O5S. The molecule has 1 aromatic carbocycles. The van der Waals surface area contributed by atoms with Crippen LogP contribution in [0.2, 0.25) is 0 Å². The summed E-state index contributed by atoms with van der Waals surface area (Å²) in [4.78, 5) is 50.9. The lowest BCUT2D eigenvalue weighted by Gasteiger charge is -2.26. The molecular weight excluding hydrogens is 494 g/mol. The quantitative estimate of drug-likeness (QED) is 0.150. The van der Waals surface area contributed by atoms with E-state index in [0.717, 1.165) is 5.56 Å². The van der Waals surface area contributed by atoms with Gasteiger partial charge >= 0.3 is 5.97 Å². The van der Waals surface area contributed by atoms with Gasteiger partial charge in [0.15, 0.2) is 0 Å². The maximum atomic E-state index is 13.3. The molecule has 10 nitrogen and oxygen atoms in total. The number of carboxylic acids is 1. The Labute approximate surface area is 224 Å². The molecule has 1 aromatic rings. The molecule has 0 heterocycles. The van der Waals surface area contributed by atoms with Crippen molar-refractivity contribution in [1.29, 1.82) is 0 Å². The van der Waals surface area contributed by atoms with Crippen LogP contribution in [0.25, 0.3) is 0 Å². The lowest BCUT2D eigenvalue weighted by molar-refractivity contribution is -0.142. The van der Waals surface area contributed by atoms with Gasteiger partial charge in [-0.1, -0.05) is 44.2 Å². The summed E-state index contributed by atoms with van der Waals surface area (Å²) in [5, 5.41) is 17.6. The van der Waals surface area contributed by atoms with E-state index in [1.54, 1.807) is 11.8 Å². The smallest absolute Gasteiger partial charge is 0.326 e. The number of thioether (sulfide) groups is 1. The third kappa shape index (κ3) is 12.9. The first-order valence-corrected chi connectivity index (χ1v) is 14.1. The van der Waals surface area contributed by atoms with Crippen LogP contribution < -0.4 is 27.4 Å². The van der Waals surface area contributed by atoms with Gasteiger partial charge in [-0.05, 0) is 62.1 Å². The molecule has 0 aliphatic rings. The molecule has 4 unspecified atom stereocenters. The lowest BCUT2D eigenvalue weighted by atomic mass is 10.0. The Kier molecular flexibility index (Phi) is 15.6. The summed E-state index contributed by atoms with van der Waals surface area (Å²) in [6, 6.07) is 5.32. The van der Waals surface area contributed by atoms with Crippen molar-refractivity contribution in [3.63, 3.8) is 0 Å². The molecule has 4 atom stereocenters. The number of aliphatic carboxylic acids is 1.